The summed E-state index contributed by atoms with van der Waals surface area (Å²) < 4.78 is 15.8. The van der Waals surface area contributed by atoms with Crippen molar-refractivity contribution >= 4 is 5.78 Å². The van der Waals surface area contributed by atoms with E-state index in [0.29, 0.717) is 28.4 Å². The molecular weight excluding hydrogens is 270 g/mol. The number of hydrogen-bond acceptors (Lipinski definition) is 5. The summed E-state index contributed by atoms with van der Waals surface area (Å²) in [7, 11) is 0. The Morgan fingerprint density at radius 1 is 1.19 bits per heavy atom. The van der Waals surface area contributed by atoms with Crippen LogP contribution in [0.2, 0.25) is 0 Å². The number of fused-ring (bicyclic) bond motifs is 1. The summed E-state index contributed by atoms with van der Waals surface area (Å²) in [4.78, 5) is 12.1. The van der Waals surface area contributed by atoms with Crippen molar-refractivity contribution in [3.8, 4) is 23.3 Å². The van der Waals surface area contributed by atoms with E-state index in [1.54, 1.807) is 42.5 Å². The van der Waals surface area contributed by atoms with Crippen molar-refractivity contribution in [2.45, 2.75) is 0 Å². The predicted molar refractivity (Wildman–Crippen MR) is 73.5 cm³/mol. The fourth-order valence-electron chi connectivity index (χ4n) is 1.96. The van der Waals surface area contributed by atoms with Crippen molar-refractivity contribution in [2.75, 3.05) is 13.4 Å². The van der Waals surface area contributed by atoms with Gasteiger partial charge in [-0.05, 0) is 36.4 Å². The topological polar surface area (TPSA) is 68.5 Å². The molecule has 0 unspecified atom stereocenters. The van der Waals surface area contributed by atoms with Gasteiger partial charge in [0.05, 0.1) is 11.6 Å². The van der Waals surface area contributed by atoms with E-state index < -0.39 is 0 Å². The highest BCUT2D eigenvalue weighted by Crippen LogP contribution is 2.32. The molecule has 3 rings (SSSR count). The van der Waals surface area contributed by atoms with Gasteiger partial charge in [-0.2, -0.15) is 5.26 Å². The molecule has 0 aromatic heterocycles. The highest BCUT2D eigenvalue weighted by molar-refractivity contribution is 5.97. The number of ketones is 1. The van der Waals surface area contributed by atoms with E-state index in [1.807, 2.05) is 6.07 Å². The summed E-state index contributed by atoms with van der Waals surface area (Å²) in [6.07, 6.45) is 0. The Kier molecular flexibility index (Phi) is 3.44. The monoisotopic (exact) mass is 281 g/mol. The molecule has 21 heavy (non-hydrogen) atoms. The molecule has 5 heteroatoms. The molecule has 1 aliphatic rings. The molecule has 0 saturated heterocycles. The second-order valence-electron chi connectivity index (χ2n) is 4.42. The molecule has 0 saturated carbocycles. The van der Waals surface area contributed by atoms with Crippen LogP contribution in [0.5, 0.6) is 17.2 Å². The molecule has 0 amide bonds. The zero-order valence-electron chi connectivity index (χ0n) is 11.0. The maximum absolute atomic E-state index is 12.1. The lowest BCUT2D eigenvalue weighted by Gasteiger charge is -2.06. The van der Waals surface area contributed by atoms with Crippen LogP contribution in [0.1, 0.15) is 15.9 Å². The number of nitrogens with zero attached hydrogens (tertiary/aromatic N) is 1. The third-order valence-corrected chi connectivity index (χ3v) is 3.03. The summed E-state index contributed by atoms with van der Waals surface area (Å²) in [5.74, 6) is 1.51. The molecule has 2 aromatic carbocycles. The number of benzene rings is 2. The van der Waals surface area contributed by atoms with Crippen LogP contribution in [0.15, 0.2) is 42.5 Å². The van der Waals surface area contributed by atoms with Crippen LogP contribution in [0.3, 0.4) is 0 Å². The first-order valence-electron chi connectivity index (χ1n) is 6.32. The average Bonchev–Trinajstić information content (AvgIpc) is 3.00. The molecule has 2 aromatic rings. The van der Waals surface area contributed by atoms with E-state index in [2.05, 4.69) is 0 Å². The van der Waals surface area contributed by atoms with Gasteiger partial charge in [0.25, 0.3) is 0 Å². The Labute approximate surface area is 121 Å². The molecular formula is C16H11NO4. The van der Waals surface area contributed by atoms with Crippen LogP contribution in [-0.2, 0) is 0 Å². The van der Waals surface area contributed by atoms with Crippen LogP contribution in [0.4, 0.5) is 0 Å². The minimum atomic E-state index is -0.171. The zero-order chi connectivity index (χ0) is 14.7. The van der Waals surface area contributed by atoms with E-state index in [9.17, 15) is 4.79 Å². The van der Waals surface area contributed by atoms with E-state index in [4.69, 9.17) is 19.5 Å². The van der Waals surface area contributed by atoms with Crippen molar-refractivity contribution < 1.29 is 19.0 Å². The Morgan fingerprint density at radius 2 is 2.05 bits per heavy atom. The van der Waals surface area contributed by atoms with Crippen molar-refractivity contribution in [3.63, 3.8) is 0 Å². The van der Waals surface area contributed by atoms with Crippen LogP contribution < -0.4 is 14.2 Å². The van der Waals surface area contributed by atoms with Crippen molar-refractivity contribution in [1.82, 2.24) is 0 Å². The first-order valence-corrected chi connectivity index (χ1v) is 6.32. The number of carbonyl (C=O) groups is 1. The van der Waals surface area contributed by atoms with Crippen molar-refractivity contribution in [2.24, 2.45) is 0 Å². The van der Waals surface area contributed by atoms with Gasteiger partial charge in [0.1, 0.15) is 5.75 Å². The molecule has 0 bridgehead atoms. The number of rotatable bonds is 4. The fraction of sp³-hybridized carbons (Fsp3) is 0.125. The SMILES string of the molecule is N#Cc1cccc(OCC(=O)c2ccc3c(c2)OCO3)c1. The molecule has 104 valence electrons. The van der Waals surface area contributed by atoms with Gasteiger partial charge in [0.15, 0.2) is 23.9 Å². The quantitative estimate of drug-likeness (QED) is 0.805. The first-order chi connectivity index (χ1) is 10.3. The average molecular weight is 281 g/mol. The van der Waals surface area contributed by atoms with E-state index in [-0.39, 0.29) is 19.2 Å². The molecule has 1 heterocycles. The summed E-state index contributed by atoms with van der Waals surface area (Å²) in [6, 6.07) is 13.7. The number of Topliss-reactive ketones (excluding diaryl/α,β-unsaturated/α-hetero) is 1. The lowest BCUT2D eigenvalue weighted by molar-refractivity contribution is 0.0921. The van der Waals surface area contributed by atoms with E-state index in [1.165, 1.54) is 0 Å². The van der Waals surface area contributed by atoms with Crippen LogP contribution >= 0.6 is 0 Å². The number of nitriles is 1. The van der Waals surface area contributed by atoms with Crippen LogP contribution in [0.25, 0.3) is 0 Å². The number of carbonyl (C=O) groups excluding carboxylic acids is 1. The van der Waals surface area contributed by atoms with Crippen LogP contribution in [0, 0.1) is 11.3 Å². The van der Waals surface area contributed by atoms with Gasteiger partial charge in [0.2, 0.25) is 6.79 Å². The van der Waals surface area contributed by atoms with E-state index in [0.717, 1.165) is 0 Å². The number of ether oxygens (including phenoxy) is 3. The minimum absolute atomic E-state index is 0.103. The molecule has 0 N–H and O–H groups in total. The summed E-state index contributed by atoms with van der Waals surface area (Å²) in [5.41, 5.74) is 0.985. The highest BCUT2D eigenvalue weighted by Gasteiger charge is 2.16. The second kappa shape index (κ2) is 5.55. The smallest absolute Gasteiger partial charge is 0.231 e. The number of hydrogen-bond donors (Lipinski definition) is 0. The van der Waals surface area contributed by atoms with Gasteiger partial charge in [-0.1, -0.05) is 6.07 Å². The van der Waals surface area contributed by atoms with Gasteiger partial charge in [0, 0.05) is 5.56 Å². The minimum Gasteiger partial charge on any atom is -0.485 e. The third-order valence-electron chi connectivity index (χ3n) is 3.03. The van der Waals surface area contributed by atoms with Gasteiger partial charge in [-0.3, -0.25) is 4.79 Å². The molecule has 0 radical (unpaired) electrons. The highest BCUT2D eigenvalue weighted by atomic mass is 16.7. The van der Waals surface area contributed by atoms with Gasteiger partial charge in [-0.15, -0.1) is 0 Å². The van der Waals surface area contributed by atoms with Crippen molar-refractivity contribution in [1.29, 1.82) is 5.26 Å². The second-order valence-corrected chi connectivity index (χ2v) is 4.42. The Balaban J connectivity index is 1.68. The lowest BCUT2D eigenvalue weighted by Crippen LogP contribution is -2.11. The molecule has 0 atom stereocenters. The van der Waals surface area contributed by atoms with Gasteiger partial charge >= 0.3 is 0 Å². The van der Waals surface area contributed by atoms with Gasteiger partial charge in [-0.25, -0.2) is 0 Å². The summed E-state index contributed by atoms with van der Waals surface area (Å²) in [6.45, 7) is 0.0684. The van der Waals surface area contributed by atoms with Crippen LogP contribution in [-0.4, -0.2) is 19.2 Å². The standard InChI is InChI=1S/C16H11NO4/c17-8-11-2-1-3-13(6-11)19-9-14(18)12-4-5-15-16(7-12)21-10-20-15/h1-7H,9-10H2. The zero-order valence-corrected chi connectivity index (χ0v) is 11.0. The fourth-order valence-corrected chi connectivity index (χ4v) is 1.96. The first kappa shape index (κ1) is 13.0. The van der Waals surface area contributed by atoms with Crippen molar-refractivity contribution in [3.05, 3.63) is 53.6 Å². The van der Waals surface area contributed by atoms with E-state index >= 15 is 0 Å². The molecule has 5 nitrogen and oxygen atoms in total. The third kappa shape index (κ3) is 2.79. The largest absolute Gasteiger partial charge is 0.485 e. The Bertz CT molecular complexity index is 733. The molecule has 0 fully saturated rings. The summed E-state index contributed by atoms with van der Waals surface area (Å²) in [5, 5.41) is 8.81. The lowest BCUT2D eigenvalue weighted by atomic mass is 10.1. The molecule has 0 aliphatic carbocycles. The Morgan fingerprint density at radius 3 is 2.90 bits per heavy atom. The Hall–Kier alpha value is -3.00. The van der Waals surface area contributed by atoms with Gasteiger partial charge < -0.3 is 14.2 Å². The summed E-state index contributed by atoms with van der Waals surface area (Å²) >= 11 is 0. The normalized spacial score (nSPS) is 11.8. The maximum Gasteiger partial charge on any atom is 0.231 e. The maximum atomic E-state index is 12.1. The predicted octanol–water partition coefficient (Wildman–Crippen LogP) is 2.55. The molecule has 0 spiro atoms. The molecule has 1 aliphatic heterocycles.